The third-order valence-electron chi connectivity index (χ3n) is 6.67. The van der Waals surface area contributed by atoms with Crippen molar-refractivity contribution in [2.75, 3.05) is 56.2 Å². The van der Waals surface area contributed by atoms with Crippen LogP contribution in [0.3, 0.4) is 0 Å². The molecule has 3 aromatic rings. The minimum Gasteiger partial charge on any atom is -0.497 e. The second-order valence-corrected chi connectivity index (χ2v) is 8.83. The Balaban J connectivity index is 1.25. The van der Waals surface area contributed by atoms with Crippen LogP contribution in [-0.2, 0) is 7.05 Å². The summed E-state index contributed by atoms with van der Waals surface area (Å²) in [5.41, 5.74) is 2.27. The van der Waals surface area contributed by atoms with E-state index in [9.17, 15) is 4.79 Å². The molecule has 2 saturated heterocycles. The molecule has 0 atom stereocenters. The summed E-state index contributed by atoms with van der Waals surface area (Å²) in [5.74, 6) is 2.70. The molecule has 178 valence electrons. The van der Waals surface area contributed by atoms with Gasteiger partial charge in [-0.05, 0) is 37.5 Å². The number of hydrogen-bond acceptors (Lipinski definition) is 7. The second kappa shape index (κ2) is 9.70. The van der Waals surface area contributed by atoms with E-state index in [1.54, 1.807) is 18.1 Å². The zero-order valence-electron chi connectivity index (χ0n) is 19.9. The van der Waals surface area contributed by atoms with Gasteiger partial charge in [0.25, 0.3) is 5.91 Å². The fourth-order valence-electron chi connectivity index (χ4n) is 4.70. The largest absolute Gasteiger partial charge is 0.497 e. The normalized spacial score (nSPS) is 16.6. The first kappa shape index (κ1) is 22.2. The molecule has 2 aliphatic rings. The Kier molecular flexibility index (Phi) is 6.33. The van der Waals surface area contributed by atoms with Crippen LogP contribution in [0.4, 0.5) is 11.6 Å². The van der Waals surface area contributed by atoms with Gasteiger partial charge in [0.15, 0.2) is 0 Å². The van der Waals surface area contributed by atoms with E-state index >= 15 is 0 Å². The van der Waals surface area contributed by atoms with Crippen molar-refractivity contribution in [2.45, 2.75) is 19.3 Å². The minimum atomic E-state index is 0.000453. The quantitative estimate of drug-likeness (QED) is 0.578. The van der Waals surface area contributed by atoms with Gasteiger partial charge >= 0.3 is 0 Å². The maximum atomic E-state index is 13.3. The number of piperazine rings is 1. The zero-order chi connectivity index (χ0) is 23.5. The number of nitrogens with zero attached hydrogens (tertiary/aromatic N) is 7. The van der Waals surface area contributed by atoms with E-state index < -0.39 is 0 Å². The first-order chi connectivity index (χ1) is 16.6. The number of benzene rings is 1. The number of carbonyl (C=O) groups excluding carboxylic acids is 1. The van der Waals surface area contributed by atoms with E-state index in [1.807, 2.05) is 42.3 Å². The molecule has 9 heteroatoms. The van der Waals surface area contributed by atoms with Crippen molar-refractivity contribution in [3.63, 3.8) is 0 Å². The average molecular weight is 462 g/mol. The van der Waals surface area contributed by atoms with Gasteiger partial charge in [-0.1, -0.05) is 12.1 Å². The molecule has 1 amide bonds. The number of anilines is 2. The molecular formula is C25H31N7O2. The molecule has 1 aromatic carbocycles. The highest BCUT2D eigenvalue weighted by atomic mass is 16.5. The molecule has 0 bridgehead atoms. The molecular weight excluding hydrogens is 430 g/mol. The molecule has 4 heterocycles. The van der Waals surface area contributed by atoms with Crippen LogP contribution >= 0.6 is 0 Å². The predicted molar refractivity (Wildman–Crippen MR) is 131 cm³/mol. The molecule has 0 N–H and O–H groups in total. The molecule has 2 aliphatic heterocycles. The van der Waals surface area contributed by atoms with E-state index in [-0.39, 0.29) is 5.91 Å². The number of aromatic nitrogens is 4. The van der Waals surface area contributed by atoms with Gasteiger partial charge in [0.1, 0.15) is 29.4 Å². The van der Waals surface area contributed by atoms with Crippen molar-refractivity contribution in [1.82, 2.24) is 24.6 Å². The monoisotopic (exact) mass is 461 g/mol. The third kappa shape index (κ3) is 4.55. The van der Waals surface area contributed by atoms with E-state index in [0.29, 0.717) is 18.8 Å². The van der Waals surface area contributed by atoms with Gasteiger partial charge in [0.2, 0.25) is 0 Å². The average Bonchev–Trinajstić information content (AvgIpc) is 3.30. The molecule has 0 aliphatic carbocycles. The van der Waals surface area contributed by atoms with Crippen molar-refractivity contribution in [1.29, 1.82) is 0 Å². The highest BCUT2D eigenvalue weighted by Gasteiger charge is 2.26. The lowest BCUT2D eigenvalue weighted by Gasteiger charge is -2.36. The highest BCUT2D eigenvalue weighted by Crippen LogP contribution is 2.25. The SMILES string of the molecule is COc1cccc(-c2cc(C(=O)N3CCN(c4cc(N5CCCCC5)ncn4)CC3)n(C)n2)c1. The van der Waals surface area contributed by atoms with Crippen molar-refractivity contribution in [3.8, 4) is 17.0 Å². The van der Waals surface area contributed by atoms with Gasteiger partial charge in [-0.15, -0.1) is 0 Å². The standard InChI is InChI=1S/C25H31N7O2/c1-29-22(16-21(28-29)19-7-6-8-20(15-19)34-2)25(33)32-13-11-31(12-14-32)24-17-23(26-18-27-24)30-9-4-3-5-10-30/h6-8,15-18H,3-5,9-14H2,1-2H3. The van der Waals surface area contributed by atoms with Crippen molar-refractivity contribution in [3.05, 3.63) is 48.4 Å². The Hall–Kier alpha value is -3.62. The summed E-state index contributed by atoms with van der Waals surface area (Å²) < 4.78 is 6.98. The predicted octanol–water partition coefficient (Wildman–Crippen LogP) is 2.84. The summed E-state index contributed by atoms with van der Waals surface area (Å²) in [6.07, 6.45) is 5.38. The molecule has 0 radical (unpaired) electrons. The summed E-state index contributed by atoms with van der Waals surface area (Å²) in [6.45, 7) is 4.87. The van der Waals surface area contributed by atoms with Crippen molar-refractivity contribution in [2.24, 2.45) is 7.05 Å². The number of carbonyl (C=O) groups is 1. The summed E-state index contributed by atoms with van der Waals surface area (Å²) in [4.78, 5) is 28.8. The maximum absolute atomic E-state index is 13.3. The van der Waals surface area contributed by atoms with E-state index in [4.69, 9.17) is 4.74 Å². The number of amides is 1. The lowest BCUT2D eigenvalue weighted by atomic mass is 10.1. The Morgan fingerprint density at radius 3 is 2.29 bits per heavy atom. The van der Waals surface area contributed by atoms with Crippen molar-refractivity contribution < 1.29 is 9.53 Å². The zero-order valence-corrected chi connectivity index (χ0v) is 19.9. The van der Waals surface area contributed by atoms with E-state index in [2.05, 4.69) is 30.9 Å². The van der Waals surface area contributed by atoms with E-state index in [0.717, 1.165) is 54.8 Å². The smallest absolute Gasteiger partial charge is 0.272 e. The van der Waals surface area contributed by atoms with Crippen LogP contribution in [0, 0.1) is 0 Å². The lowest BCUT2D eigenvalue weighted by Crippen LogP contribution is -2.49. The van der Waals surface area contributed by atoms with Crippen LogP contribution in [0.5, 0.6) is 5.75 Å². The number of rotatable bonds is 5. The molecule has 2 fully saturated rings. The third-order valence-corrected chi connectivity index (χ3v) is 6.67. The van der Waals surface area contributed by atoms with Gasteiger partial charge in [0.05, 0.1) is 12.8 Å². The number of methoxy groups -OCH3 is 1. The molecule has 0 spiro atoms. The molecule has 5 rings (SSSR count). The Labute approximate surface area is 200 Å². The number of piperidine rings is 1. The summed E-state index contributed by atoms with van der Waals surface area (Å²) in [5, 5.41) is 4.57. The van der Waals surface area contributed by atoms with Crippen LogP contribution in [0.25, 0.3) is 11.3 Å². The fourth-order valence-corrected chi connectivity index (χ4v) is 4.70. The molecule has 34 heavy (non-hydrogen) atoms. The molecule has 9 nitrogen and oxygen atoms in total. The second-order valence-electron chi connectivity index (χ2n) is 8.83. The molecule has 0 unspecified atom stereocenters. The number of ether oxygens (including phenoxy) is 1. The van der Waals surface area contributed by atoms with E-state index in [1.165, 1.54) is 19.3 Å². The topological polar surface area (TPSA) is 79.6 Å². The minimum absolute atomic E-state index is 0.000453. The maximum Gasteiger partial charge on any atom is 0.272 e. The Bertz CT molecular complexity index is 1150. The first-order valence-electron chi connectivity index (χ1n) is 11.9. The summed E-state index contributed by atoms with van der Waals surface area (Å²) in [6, 6.07) is 11.7. The van der Waals surface area contributed by atoms with Gasteiger partial charge in [0, 0.05) is 57.9 Å². The van der Waals surface area contributed by atoms with Gasteiger partial charge in [-0.3, -0.25) is 9.48 Å². The van der Waals surface area contributed by atoms with Gasteiger partial charge < -0.3 is 19.4 Å². The van der Waals surface area contributed by atoms with Gasteiger partial charge in [-0.2, -0.15) is 5.10 Å². The molecule has 0 saturated carbocycles. The highest BCUT2D eigenvalue weighted by molar-refractivity contribution is 5.94. The van der Waals surface area contributed by atoms with Crippen LogP contribution in [0.15, 0.2) is 42.7 Å². The summed E-state index contributed by atoms with van der Waals surface area (Å²) >= 11 is 0. The summed E-state index contributed by atoms with van der Waals surface area (Å²) in [7, 11) is 3.46. The van der Waals surface area contributed by atoms with Crippen LogP contribution in [-0.4, -0.2) is 76.9 Å². The first-order valence-corrected chi connectivity index (χ1v) is 11.9. The van der Waals surface area contributed by atoms with Crippen LogP contribution < -0.4 is 14.5 Å². The fraction of sp³-hybridized carbons (Fsp3) is 0.440. The van der Waals surface area contributed by atoms with Crippen molar-refractivity contribution >= 4 is 17.5 Å². The molecule has 2 aromatic heterocycles. The number of aryl methyl sites for hydroxylation is 1. The lowest BCUT2D eigenvalue weighted by molar-refractivity contribution is 0.0735. The van der Waals surface area contributed by atoms with Crippen LogP contribution in [0.2, 0.25) is 0 Å². The Morgan fingerprint density at radius 2 is 1.59 bits per heavy atom. The Morgan fingerprint density at radius 1 is 0.882 bits per heavy atom. The van der Waals surface area contributed by atoms with Crippen LogP contribution in [0.1, 0.15) is 29.8 Å². The van der Waals surface area contributed by atoms with Gasteiger partial charge in [-0.25, -0.2) is 9.97 Å². The number of hydrogen-bond donors (Lipinski definition) is 0.